The number of carbonyl (C=O) groups is 1. The molecule has 4 aromatic rings. The third-order valence-corrected chi connectivity index (χ3v) is 8.45. The van der Waals surface area contributed by atoms with E-state index < -0.39 is 10.8 Å². The van der Waals surface area contributed by atoms with Gasteiger partial charge in [0.05, 0.1) is 15.1 Å². The molecule has 2 aromatic carbocycles. The highest BCUT2D eigenvalue weighted by Gasteiger charge is 2.41. The summed E-state index contributed by atoms with van der Waals surface area (Å²) in [6, 6.07) is 14.0. The van der Waals surface area contributed by atoms with Crippen LogP contribution in [0.2, 0.25) is 0 Å². The predicted octanol–water partition coefficient (Wildman–Crippen LogP) is 6.34. The van der Waals surface area contributed by atoms with Crippen molar-refractivity contribution in [2.75, 3.05) is 5.32 Å². The fourth-order valence-electron chi connectivity index (χ4n) is 4.82. The van der Waals surface area contributed by atoms with Gasteiger partial charge in [-0.1, -0.05) is 24.3 Å². The molecular weight excluding hydrogens is 468 g/mol. The van der Waals surface area contributed by atoms with Crippen molar-refractivity contribution in [2.24, 2.45) is 0 Å². The number of nitro groups is 1. The number of amides is 1. The van der Waals surface area contributed by atoms with E-state index in [-0.39, 0.29) is 22.3 Å². The number of thiazole rings is 1. The maximum Gasteiger partial charge on any atom is 0.282 e. The van der Waals surface area contributed by atoms with Crippen LogP contribution >= 0.6 is 22.7 Å². The van der Waals surface area contributed by atoms with Crippen molar-refractivity contribution in [3.05, 3.63) is 74.6 Å². The van der Waals surface area contributed by atoms with Gasteiger partial charge in [0.25, 0.3) is 11.6 Å². The minimum atomic E-state index is -0.529. The second-order valence-corrected chi connectivity index (χ2v) is 11.7. The molecule has 0 saturated heterocycles. The van der Waals surface area contributed by atoms with Crippen LogP contribution in [0.3, 0.4) is 0 Å². The number of hydrogen-bond donors (Lipinski definition) is 2. The lowest BCUT2D eigenvalue weighted by atomic mass is 9.81. The molecule has 34 heavy (non-hydrogen) atoms. The van der Waals surface area contributed by atoms with E-state index in [4.69, 9.17) is 4.98 Å². The summed E-state index contributed by atoms with van der Waals surface area (Å²) >= 11 is 3.10. The molecule has 0 atom stereocenters. The maximum absolute atomic E-state index is 13.3. The number of hydrogen-bond acceptors (Lipinski definition) is 7. The molecule has 2 aromatic heterocycles. The highest BCUT2D eigenvalue weighted by atomic mass is 32.1. The molecule has 174 valence electrons. The Morgan fingerprint density at radius 3 is 2.53 bits per heavy atom. The summed E-state index contributed by atoms with van der Waals surface area (Å²) in [6.07, 6.45) is 0.773. The Morgan fingerprint density at radius 2 is 1.79 bits per heavy atom. The molecule has 5 rings (SSSR count). The lowest BCUT2D eigenvalue weighted by molar-refractivity contribution is -0.385. The van der Waals surface area contributed by atoms with Crippen molar-refractivity contribution in [1.82, 2.24) is 10.3 Å². The lowest BCUT2D eigenvalue weighted by Gasteiger charge is -2.42. The fraction of sp³-hybridized carbons (Fsp3) is 0.280. The standard InChI is InChI=1S/C25H24N4O3S2/c1-24(2)13-15-19(22-26-16-10-6-8-12-18(16)33-22)23(34-20(15)25(3,4)28-24)27-21(30)14-9-5-7-11-17(14)29(31)32/h5-12,28H,13H2,1-4H3,(H,27,30). The number of fused-ring (bicyclic) bond motifs is 2. The summed E-state index contributed by atoms with van der Waals surface area (Å²) in [5, 5.41) is 19.7. The summed E-state index contributed by atoms with van der Waals surface area (Å²) in [6.45, 7) is 8.62. The first-order valence-electron chi connectivity index (χ1n) is 10.9. The smallest absolute Gasteiger partial charge is 0.282 e. The topological polar surface area (TPSA) is 97.2 Å². The molecule has 9 heteroatoms. The summed E-state index contributed by atoms with van der Waals surface area (Å²) in [4.78, 5) is 30.2. The molecule has 3 heterocycles. The van der Waals surface area contributed by atoms with E-state index in [1.54, 1.807) is 23.5 Å². The van der Waals surface area contributed by atoms with Crippen LogP contribution in [0.25, 0.3) is 20.8 Å². The molecular formula is C25H24N4O3S2. The van der Waals surface area contributed by atoms with Crippen LogP contribution < -0.4 is 10.6 Å². The minimum Gasteiger partial charge on any atom is -0.313 e. The molecule has 1 amide bonds. The summed E-state index contributed by atoms with van der Waals surface area (Å²) in [7, 11) is 0. The number of nitro benzene ring substituents is 1. The van der Waals surface area contributed by atoms with Crippen molar-refractivity contribution in [2.45, 2.75) is 45.2 Å². The van der Waals surface area contributed by atoms with Crippen molar-refractivity contribution in [1.29, 1.82) is 0 Å². The van der Waals surface area contributed by atoms with E-state index in [1.807, 2.05) is 24.3 Å². The number of anilines is 1. The third kappa shape index (κ3) is 3.89. The second-order valence-electron chi connectivity index (χ2n) is 9.64. The van der Waals surface area contributed by atoms with E-state index in [1.165, 1.54) is 23.5 Å². The third-order valence-electron chi connectivity index (χ3n) is 5.92. The van der Waals surface area contributed by atoms with Crippen molar-refractivity contribution >= 4 is 49.5 Å². The van der Waals surface area contributed by atoms with Crippen molar-refractivity contribution in [3.8, 4) is 10.6 Å². The summed E-state index contributed by atoms with van der Waals surface area (Å²) in [5.41, 5.74) is 2.34. The number of nitrogens with one attached hydrogen (secondary N) is 2. The van der Waals surface area contributed by atoms with Crippen LogP contribution in [-0.2, 0) is 12.0 Å². The van der Waals surface area contributed by atoms with Crippen LogP contribution in [-0.4, -0.2) is 21.4 Å². The second kappa shape index (κ2) is 7.97. The van der Waals surface area contributed by atoms with Gasteiger partial charge in [-0.25, -0.2) is 4.98 Å². The van der Waals surface area contributed by atoms with Gasteiger partial charge >= 0.3 is 0 Å². The first kappa shape index (κ1) is 22.6. The molecule has 1 aliphatic heterocycles. The fourth-order valence-corrected chi connectivity index (χ4v) is 7.20. The lowest BCUT2D eigenvalue weighted by Crippen LogP contribution is -2.54. The first-order chi connectivity index (χ1) is 16.1. The Kier molecular flexibility index (Phi) is 5.31. The predicted molar refractivity (Wildman–Crippen MR) is 138 cm³/mol. The van der Waals surface area contributed by atoms with Crippen molar-refractivity contribution < 1.29 is 9.72 Å². The molecule has 0 fully saturated rings. The van der Waals surface area contributed by atoms with Gasteiger partial charge in [-0.2, -0.15) is 0 Å². The zero-order valence-corrected chi connectivity index (χ0v) is 20.9. The number of para-hydroxylation sites is 2. The van der Waals surface area contributed by atoms with Crippen molar-refractivity contribution in [3.63, 3.8) is 0 Å². The largest absolute Gasteiger partial charge is 0.313 e. The molecule has 0 bridgehead atoms. The number of carbonyl (C=O) groups excluding carboxylic acids is 1. The van der Waals surface area contributed by atoms with Gasteiger partial charge in [0.15, 0.2) is 0 Å². The molecule has 0 radical (unpaired) electrons. The van der Waals surface area contributed by atoms with Gasteiger partial charge in [0.2, 0.25) is 0 Å². The molecule has 2 N–H and O–H groups in total. The Hall–Kier alpha value is -3.14. The highest BCUT2D eigenvalue weighted by Crippen LogP contribution is 2.50. The minimum absolute atomic E-state index is 0.0341. The van der Waals surface area contributed by atoms with Crippen LogP contribution in [0, 0.1) is 10.1 Å². The average Bonchev–Trinajstić information content (AvgIpc) is 3.33. The van der Waals surface area contributed by atoms with E-state index >= 15 is 0 Å². The molecule has 0 saturated carbocycles. The Balaban J connectivity index is 1.68. The summed E-state index contributed by atoms with van der Waals surface area (Å²) in [5.74, 6) is -0.502. The SMILES string of the molecule is CC1(C)Cc2c(sc(NC(=O)c3ccccc3[N+](=O)[O-])c2-c2nc3ccccc3s2)C(C)(C)N1. The van der Waals surface area contributed by atoms with Gasteiger partial charge in [-0.3, -0.25) is 14.9 Å². The van der Waals surface area contributed by atoms with Crippen LogP contribution in [0.4, 0.5) is 10.7 Å². The van der Waals surface area contributed by atoms with Gasteiger partial charge in [-0.15, -0.1) is 22.7 Å². The van der Waals surface area contributed by atoms with Crippen LogP contribution in [0.5, 0.6) is 0 Å². The molecule has 7 nitrogen and oxygen atoms in total. The average molecular weight is 493 g/mol. The van der Waals surface area contributed by atoms with Gasteiger partial charge in [0, 0.05) is 27.6 Å². The zero-order chi connectivity index (χ0) is 24.3. The number of thiophene rings is 1. The molecule has 0 aliphatic carbocycles. The maximum atomic E-state index is 13.3. The number of nitrogens with zero attached hydrogens (tertiary/aromatic N) is 2. The van der Waals surface area contributed by atoms with E-state index in [0.717, 1.165) is 37.6 Å². The molecule has 0 unspecified atom stereocenters. The number of aromatic nitrogens is 1. The monoisotopic (exact) mass is 492 g/mol. The van der Waals surface area contributed by atoms with Gasteiger partial charge < -0.3 is 10.6 Å². The zero-order valence-electron chi connectivity index (χ0n) is 19.3. The Labute approximate surface area is 205 Å². The van der Waals surface area contributed by atoms with Crippen LogP contribution in [0.15, 0.2) is 48.5 Å². The van der Waals surface area contributed by atoms with E-state index in [9.17, 15) is 14.9 Å². The van der Waals surface area contributed by atoms with Crippen LogP contribution in [0.1, 0.15) is 48.5 Å². The normalized spacial score (nSPS) is 16.2. The molecule has 0 spiro atoms. The van der Waals surface area contributed by atoms with E-state index in [0.29, 0.717) is 5.00 Å². The number of rotatable bonds is 4. The van der Waals surface area contributed by atoms with E-state index in [2.05, 4.69) is 38.3 Å². The number of benzene rings is 2. The Bertz CT molecular complexity index is 1420. The van der Waals surface area contributed by atoms with Gasteiger partial charge in [-0.05, 0) is 57.9 Å². The highest BCUT2D eigenvalue weighted by molar-refractivity contribution is 7.23. The summed E-state index contributed by atoms with van der Waals surface area (Å²) < 4.78 is 1.07. The quantitative estimate of drug-likeness (QED) is 0.256. The van der Waals surface area contributed by atoms with Gasteiger partial charge in [0.1, 0.15) is 15.6 Å². The first-order valence-corrected chi connectivity index (χ1v) is 12.6. The Morgan fingerprint density at radius 1 is 1.09 bits per heavy atom. The molecule has 1 aliphatic rings.